The highest BCUT2D eigenvalue weighted by Crippen LogP contribution is 2.22. The van der Waals surface area contributed by atoms with Crippen molar-refractivity contribution in [2.24, 2.45) is 9.98 Å². The minimum absolute atomic E-state index is 0.432. The van der Waals surface area contributed by atoms with Crippen LogP contribution in [-0.4, -0.2) is 37.6 Å². The first-order valence-corrected chi connectivity index (χ1v) is 18.8. The average Bonchev–Trinajstić information content (AvgIpc) is 3.21. The Bertz CT molecular complexity index is 1810. The van der Waals surface area contributed by atoms with Gasteiger partial charge in [-0.05, 0) is 139 Å². The maximum absolute atomic E-state index is 12.7. The summed E-state index contributed by atoms with van der Waals surface area (Å²) in [5.41, 5.74) is 4.09. The minimum atomic E-state index is -0.432. The van der Waals surface area contributed by atoms with Crippen molar-refractivity contribution in [2.75, 3.05) is 13.2 Å². The van der Waals surface area contributed by atoms with Crippen molar-refractivity contribution in [3.05, 3.63) is 144 Å². The summed E-state index contributed by atoms with van der Waals surface area (Å²) in [5.74, 6) is 1.51. The van der Waals surface area contributed by atoms with Gasteiger partial charge in [0.2, 0.25) is 0 Å². The van der Waals surface area contributed by atoms with Crippen molar-refractivity contribution < 1.29 is 28.5 Å². The van der Waals surface area contributed by atoms with Crippen molar-refractivity contribution in [2.45, 2.75) is 65.2 Å². The molecule has 8 heteroatoms. The van der Waals surface area contributed by atoms with E-state index < -0.39 is 11.9 Å². The molecule has 0 aliphatic rings. The molecular weight excluding hydrogens is 677 g/mol. The van der Waals surface area contributed by atoms with Gasteiger partial charge >= 0.3 is 11.9 Å². The van der Waals surface area contributed by atoms with E-state index in [9.17, 15) is 9.59 Å². The molecule has 278 valence electrons. The van der Waals surface area contributed by atoms with E-state index in [0.717, 1.165) is 59.7 Å². The lowest BCUT2D eigenvalue weighted by atomic mass is 10.2. The molecule has 0 heterocycles. The second-order valence-electron chi connectivity index (χ2n) is 12.8. The molecule has 0 aliphatic heterocycles. The van der Waals surface area contributed by atoms with Crippen LogP contribution in [0.1, 0.15) is 97.1 Å². The van der Waals surface area contributed by atoms with E-state index in [1.807, 2.05) is 48.5 Å². The van der Waals surface area contributed by atoms with Gasteiger partial charge < -0.3 is 18.9 Å². The monoisotopic (exact) mass is 724 g/mol. The summed E-state index contributed by atoms with van der Waals surface area (Å²) in [7, 11) is 0. The Morgan fingerprint density at radius 2 is 0.870 bits per heavy atom. The minimum Gasteiger partial charge on any atom is -0.494 e. The summed E-state index contributed by atoms with van der Waals surface area (Å²) in [6.07, 6.45) is 12.6. The van der Waals surface area contributed by atoms with E-state index in [4.69, 9.17) is 18.9 Å². The van der Waals surface area contributed by atoms with Gasteiger partial charge in [-0.2, -0.15) is 0 Å². The fourth-order valence-corrected chi connectivity index (χ4v) is 5.34. The van der Waals surface area contributed by atoms with Crippen LogP contribution in [0.15, 0.2) is 131 Å². The quantitative estimate of drug-likeness (QED) is 0.0343. The van der Waals surface area contributed by atoms with Gasteiger partial charge in [-0.15, -0.1) is 0 Å². The molecule has 0 aliphatic carbocycles. The van der Waals surface area contributed by atoms with Crippen LogP contribution in [0.3, 0.4) is 0 Å². The molecule has 5 rings (SSSR count). The second-order valence-corrected chi connectivity index (χ2v) is 12.8. The number of hydrogen-bond donors (Lipinski definition) is 0. The number of ether oxygens (including phenoxy) is 4. The molecule has 8 nitrogen and oxygen atoms in total. The highest BCUT2D eigenvalue weighted by molar-refractivity contribution is 5.92. The van der Waals surface area contributed by atoms with E-state index >= 15 is 0 Å². The molecule has 0 saturated carbocycles. The standard InChI is InChI=1S/C46H48N2O6/c1-3-5-7-9-30-51-41-26-18-37(19-27-41)45(49)53-43-22-14-35(15-23-43)33-47-39-12-11-13-40(32-39)48-34-36-16-24-44(25-17-36)54-46(50)38-20-28-42(29-21-38)52-31-10-8-6-4-2/h11-29,32-34H,3-10,30-31H2,1-2H3. The molecule has 5 aromatic rings. The number of carbonyl (C=O) groups is 2. The maximum atomic E-state index is 12.7. The molecular formula is C46H48N2O6. The van der Waals surface area contributed by atoms with Crippen LogP contribution in [0.25, 0.3) is 0 Å². The number of carbonyl (C=O) groups excluding carboxylic acids is 2. The molecule has 5 aromatic carbocycles. The molecule has 54 heavy (non-hydrogen) atoms. The molecule has 0 N–H and O–H groups in total. The molecule has 0 fully saturated rings. The lowest BCUT2D eigenvalue weighted by Crippen LogP contribution is -2.08. The molecule has 0 radical (unpaired) electrons. The number of benzene rings is 5. The largest absolute Gasteiger partial charge is 0.494 e. The molecule has 0 aromatic heterocycles. The van der Waals surface area contributed by atoms with Crippen LogP contribution >= 0.6 is 0 Å². The van der Waals surface area contributed by atoms with Crippen molar-refractivity contribution in [3.63, 3.8) is 0 Å². The second kappa shape index (κ2) is 21.5. The summed E-state index contributed by atoms with van der Waals surface area (Å²) in [6.45, 7) is 5.71. The van der Waals surface area contributed by atoms with Crippen LogP contribution in [0.4, 0.5) is 11.4 Å². The van der Waals surface area contributed by atoms with Gasteiger partial charge in [0, 0.05) is 12.4 Å². The highest BCUT2D eigenvalue weighted by atomic mass is 16.5. The highest BCUT2D eigenvalue weighted by Gasteiger charge is 2.10. The van der Waals surface area contributed by atoms with E-state index in [1.54, 1.807) is 85.2 Å². The summed E-state index contributed by atoms with van der Waals surface area (Å²) >= 11 is 0. The van der Waals surface area contributed by atoms with Crippen molar-refractivity contribution in [1.82, 2.24) is 0 Å². The van der Waals surface area contributed by atoms with Crippen LogP contribution in [0.2, 0.25) is 0 Å². The zero-order valence-corrected chi connectivity index (χ0v) is 31.1. The lowest BCUT2D eigenvalue weighted by molar-refractivity contribution is 0.0725. The Morgan fingerprint density at radius 1 is 0.481 bits per heavy atom. The van der Waals surface area contributed by atoms with Gasteiger partial charge in [0.25, 0.3) is 0 Å². The summed E-state index contributed by atoms with van der Waals surface area (Å²) in [6, 6.07) is 35.9. The first-order chi connectivity index (χ1) is 26.5. The third-order valence-electron chi connectivity index (χ3n) is 8.45. The number of nitrogens with zero attached hydrogens (tertiary/aromatic N) is 2. The fourth-order valence-electron chi connectivity index (χ4n) is 5.34. The predicted molar refractivity (Wildman–Crippen MR) is 216 cm³/mol. The van der Waals surface area contributed by atoms with Gasteiger partial charge in [-0.25, -0.2) is 9.59 Å². The van der Waals surface area contributed by atoms with E-state index in [0.29, 0.717) is 35.8 Å². The summed E-state index contributed by atoms with van der Waals surface area (Å²) < 4.78 is 22.6. The van der Waals surface area contributed by atoms with E-state index in [-0.39, 0.29) is 0 Å². The Labute approximate surface area is 318 Å². The molecule has 0 unspecified atom stereocenters. The Balaban J connectivity index is 1.07. The fraction of sp³-hybridized carbons (Fsp3) is 0.261. The van der Waals surface area contributed by atoms with Crippen LogP contribution in [-0.2, 0) is 0 Å². The third-order valence-corrected chi connectivity index (χ3v) is 8.45. The topological polar surface area (TPSA) is 95.8 Å². The smallest absolute Gasteiger partial charge is 0.343 e. The van der Waals surface area contributed by atoms with Gasteiger partial charge in [0.05, 0.1) is 35.7 Å². The first-order valence-electron chi connectivity index (χ1n) is 18.8. The normalized spacial score (nSPS) is 11.1. The van der Waals surface area contributed by atoms with Gasteiger partial charge in [0.15, 0.2) is 0 Å². The average molecular weight is 725 g/mol. The summed E-state index contributed by atoms with van der Waals surface area (Å²) in [5, 5.41) is 0. The van der Waals surface area contributed by atoms with Crippen LogP contribution in [0.5, 0.6) is 23.0 Å². The SMILES string of the molecule is CCCCCCOc1ccc(C(=O)Oc2ccc(C=Nc3cccc(N=Cc4ccc(OC(=O)c5ccc(OCCCCCC)cc5)cc4)c3)cc2)cc1. The van der Waals surface area contributed by atoms with Crippen molar-refractivity contribution >= 4 is 35.7 Å². The van der Waals surface area contributed by atoms with Crippen LogP contribution in [0, 0.1) is 0 Å². The molecule has 0 atom stereocenters. The number of unbranched alkanes of at least 4 members (excludes halogenated alkanes) is 6. The van der Waals surface area contributed by atoms with Gasteiger partial charge in [-0.3, -0.25) is 9.98 Å². The van der Waals surface area contributed by atoms with Crippen LogP contribution < -0.4 is 18.9 Å². The van der Waals surface area contributed by atoms with E-state index in [2.05, 4.69) is 23.8 Å². The van der Waals surface area contributed by atoms with Gasteiger partial charge in [0.1, 0.15) is 23.0 Å². The molecule has 0 saturated heterocycles. The predicted octanol–water partition coefficient (Wildman–Crippen LogP) is 11.5. The lowest BCUT2D eigenvalue weighted by Gasteiger charge is -2.08. The number of hydrogen-bond acceptors (Lipinski definition) is 8. The summed E-state index contributed by atoms with van der Waals surface area (Å²) in [4.78, 5) is 34.5. The number of rotatable bonds is 20. The zero-order valence-electron chi connectivity index (χ0n) is 31.1. The Kier molecular flexibility index (Phi) is 15.6. The maximum Gasteiger partial charge on any atom is 0.343 e. The number of aliphatic imine (C=N–C) groups is 2. The third kappa shape index (κ3) is 13.2. The Hall–Kier alpha value is -6.02. The van der Waals surface area contributed by atoms with Crippen molar-refractivity contribution in [3.8, 4) is 23.0 Å². The number of esters is 2. The van der Waals surface area contributed by atoms with Crippen molar-refractivity contribution in [1.29, 1.82) is 0 Å². The zero-order chi connectivity index (χ0) is 37.8. The molecule has 0 amide bonds. The molecule has 0 bridgehead atoms. The molecule has 0 spiro atoms. The van der Waals surface area contributed by atoms with Gasteiger partial charge in [-0.1, -0.05) is 58.4 Å². The first kappa shape index (κ1) is 39.2. The van der Waals surface area contributed by atoms with E-state index in [1.165, 1.54) is 25.7 Å². The Morgan fingerprint density at radius 3 is 1.26 bits per heavy atom.